The van der Waals surface area contributed by atoms with Gasteiger partial charge in [-0.3, -0.25) is 0 Å². The van der Waals surface area contributed by atoms with Gasteiger partial charge in [0.15, 0.2) is 5.11 Å². The van der Waals surface area contributed by atoms with Crippen molar-refractivity contribution in [1.82, 2.24) is 10.2 Å². The highest BCUT2D eigenvalue weighted by atomic mass is 32.1. The predicted octanol–water partition coefficient (Wildman–Crippen LogP) is 1.41. The van der Waals surface area contributed by atoms with Crippen LogP contribution in [0.2, 0.25) is 0 Å². The summed E-state index contributed by atoms with van der Waals surface area (Å²) < 4.78 is 10.8. The molecule has 0 atom stereocenters. The van der Waals surface area contributed by atoms with Gasteiger partial charge in [-0.2, -0.15) is 0 Å². The summed E-state index contributed by atoms with van der Waals surface area (Å²) in [7, 11) is 1.68. The lowest BCUT2D eigenvalue weighted by Crippen LogP contribution is -3.13. The number of benzene rings is 2. The van der Waals surface area contributed by atoms with Gasteiger partial charge in [0.2, 0.25) is 0 Å². The Morgan fingerprint density at radius 3 is 2.64 bits per heavy atom. The Morgan fingerprint density at radius 1 is 1.14 bits per heavy atom. The fourth-order valence-electron chi connectivity index (χ4n) is 3.87. The fourth-order valence-corrected chi connectivity index (χ4v) is 4.13. The maximum Gasteiger partial charge on any atom is 0.169 e. The molecule has 4 rings (SSSR count). The van der Waals surface area contributed by atoms with E-state index in [-0.39, 0.29) is 0 Å². The molecule has 0 radical (unpaired) electrons. The number of methoxy groups -OCH3 is 1. The predicted molar refractivity (Wildman–Crippen MR) is 114 cm³/mol. The molecule has 5 nitrogen and oxygen atoms in total. The number of thiocarbonyl (C=S) groups is 1. The zero-order valence-corrected chi connectivity index (χ0v) is 17.2. The number of piperazine rings is 1. The zero-order valence-electron chi connectivity index (χ0n) is 16.4. The zero-order chi connectivity index (χ0) is 19.3. The first-order valence-electron chi connectivity index (χ1n) is 9.95. The van der Waals surface area contributed by atoms with Crippen LogP contribution in [-0.2, 0) is 19.5 Å². The molecule has 0 bridgehead atoms. The van der Waals surface area contributed by atoms with Crippen LogP contribution >= 0.6 is 12.2 Å². The highest BCUT2D eigenvalue weighted by Gasteiger charge is 2.22. The van der Waals surface area contributed by atoms with Gasteiger partial charge >= 0.3 is 0 Å². The maximum atomic E-state index is 5.61. The Bertz CT molecular complexity index is 817. The van der Waals surface area contributed by atoms with Gasteiger partial charge in [-0.15, -0.1) is 0 Å². The quantitative estimate of drug-likeness (QED) is 0.745. The van der Waals surface area contributed by atoms with Gasteiger partial charge in [0.05, 0.1) is 39.9 Å². The van der Waals surface area contributed by atoms with E-state index < -0.39 is 0 Å². The molecule has 1 fully saturated rings. The minimum Gasteiger partial charge on any atom is -0.497 e. The number of quaternary nitrogens is 1. The molecule has 0 spiro atoms. The molecule has 2 aromatic carbocycles. The van der Waals surface area contributed by atoms with Gasteiger partial charge in [0.1, 0.15) is 18.0 Å². The standard InChI is InChI=1S/C22H27N3O2S/c1-26-20-5-2-17(3-6-20)15-23-22(28)25-11-9-24(10-12-25)16-18-4-7-21-19(14-18)8-13-27-21/h2-7,14H,8-13,15-16H2,1H3,(H,23,28)/p+1. The van der Waals surface area contributed by atoms with Crippen molar-refractivity contribution in [2.45, 2.75) is 19.5 Å². The Balaban J connectivity index is 1.22. The van der Waals surface area contributed by atoms with Gasteiger partial charge in [0, 0.05) is 18.5 Å². The van der Waals surface area contributed by atoms with E-state index >= 15 is 0 Å². The number of rotatable bonds is 5. The fraction of sp³-hybridized carbons (Fsp3) is 0.409. The normalized spacial score (nSPS) is 16.4. The second-order valence-electron chi connectivity index (χ2n) is 7.46. The van der Waals surface area contributed by atoms with Crippen LogP contribution in [0, 0.1) is 0 Å². The third kappa shape index (κ3) is 4.56. The molecule has 2 aromatic rings. The lowest BCUT2D eigenvalue weighted by Gasteiger charge is -2.34. The average Bonchev–Trinajstić information content (AvgIpc) is 3.21. The second kappa shape index (κ2) is 8.80. The second-order valence-corrected chi connectivity index (χ2v) is 7.85. The Hall–Kier alpha value is -2.31. The van der Waals surface area contributed by atoms with Gasteiger partial charge in [0.25, 0.3) is 0 Å². The molecule has 6 heteroatoms. The molecule has 0 saturated carbocycles. The number of nitrogens with one attached hydrogen (secondary N) is 2. The molecular weight excluding hydrogens is 370 g/mol. The van der Waals surface area contributed by atoms with Gasteiger partial charge in [-0.25, -0.2) is 0 Å². The number of hydrogen-bond donors (Lipinski definition) is 2. The van der Waals surface area contributed by atoms with E-state index in [1.165, 1.54) is 16.7 Å². The van der Waals surface area contributed by atoms with Crippen LogP contribution in [-0.4, -0.2) is 49.9 Å². The first-order valence-corrected chi connectivity index (χ1v) is 10.4. The first kappa shape index (κ1) is 19.0. The minimum absolute atomic E-state index is 0.743. The SMILES string of the molecule is COc1ccc(CNC(=S)N2CC[NH+](Cc3ccc4c(c3)CCO4)CC2)cc1. The van der Waals surface area contributed by atoms with Crippen molar-refractivity contribution in [2.75, 3.05) is 39.9 Å². The van der Waals surface area contributed by atoms with E-state index in [0.29, 0.717) is 0 Å². The summed E-state index contributed by atoms with van der Waals surface area (Å²) in [5.74, 6) is 1.94. The summed E-state index contributed by atoms with van der Waals surface area (Å²) in [6.45, 7) is 6.86. The lowest BCUT2D eigenvalue weighted by atomic mass is 10.1. The average molecular weight is 399 g/mol. The Morgan fingerprint density at radius 2 is 1.89 bits per heavy atom. The molecule has 28 heavy (non-hydrogen) atoms. The van der Waals surface area contributed by atoms with E-state index in [2.05, 4.69) is 40.5 Å². The largest absolute Gasteiger partial charge is 0.497 e. The van der Waals surface area contributed by atoms with E-state index in [9.17, 15) is 0 Å². The van der Waals surface area contributed by atoms with Crippen molar-refractivity contribution in [3.05, 3.63) is 59.2 Å². The number of hydrogen-bond acceptors (Lipinski definition) is 3. The van der Waals surface area contributed by atoms with Gasteiger partial charge in [-0.05, 0) is 53.7 Å². The highest BCUT2D eigenvalue weighted by Crippen LogP contribution is 2.25. The van der Waals surface area contributed by atoms with Crippen molar-refractivity contribution >= 4 is 17.3 Å². The van der Waals surface area contributed by atoms with Crippen molar-refractivity contribution in [1.29, 1.82) is 0 Å². The van der Waals surface area contributed by atoms with E-state index in [1.54, 1.807) is 12.0 Å². The lowest BCUT2D eigenvalue weighted by molar-refractivity contribution is -0.917. The molecule has 0 aromatic heterocycles. The number of fused-ring (bicyclic) bond motifs is 1. The van der Waals surface area contributed by atoms with Crippen molar-refractivity contribution < 1.29 is 14.4 Å². The van der Waals surface area contributed by atoms with Crippen LogP contribution in [0.4, 0.5) is 0 Å². The highest BCUT2D eigenvalue weighted by molar-refractivity contribution is 7.80. The molecule has 0 amide bonds. The minimum atomic E-state index is 0.743. The monoisotopic (exact) mass is 398 g/mol. The molecule has 0 aliphatic carbocycles. The molecule has 2 aliphatic rings. The van der Waals surface area contributed by atoms with Crippen LogP contribution in [0.3, 0.4) is 0 Å². The smallest absolute Gasteiger partial charge is 0.169 e. The van der Waals surface area contributed by atoms with Gasteiger partial charge in [-0.1, -0.05) is 12.1 Å². The van der Waals surface area contributed by atoms with Crippen LogP contribution in [0.1, 0.15) is 16.7 Å². The molecular formula is C22H28N3O2S+. The molecule has 2 N–H and O–H groups in total. The molecule has 2 aliphatic heterocycles. The summed E-state index contributed by atoms with van der Waals surface area (Å²) in [5, 5.41) is 4.24. The summed E-state index contributed by atoms with van der Waals surface area (Å²) in [5.41, 5.74) is 3.97. The third-order valence-electron chi connectivity index (χ3n) is 5.57. The van der Waals surface area contributed by atoms with Crippen LogP contribution in [0.25, 0.3) is 0 Å². The number of ether oxygens (including phenoxy) is 2. The van der Waals surface area contributed by atoms with Crippen molar-refractivity contribution in [3.63, 3.8) is 0 Å². The molecule has 0 unspecified atom stereocenters. The molecule has 2 heterocycles. The first-order chi connectivity index (χ1) is 13.7. The van der Waals surface area contributed by atoms with E-state index in [1.807, 2.05) is 12.1 Å². The Kier molecular flexibility index (Phi) is 5.98. The summed E-state index contributed by atoms with van der Waals surface area (Å²) in [6.07, 6.45) is 1.04. The van der Waals surface area contributed by atoms with Crippen LogP contribution in [0.5, 0.6) is 11.5 Å². The van der Waals surface area contributed by atoms with E-state index in [4.69, 9.17) is 21.7 Å². The molecule has 148 valence electrons. The topological polar surface area (TPSA) is 38.2 Å². The van der Waals surface area contributed by atoms with Crippen molar-refractivity contribution in [3.8, 4) is 11.5 Å². The van der Waals surface area contributed by atoms with Crippen LogP contribution in [0.15, 0.2) is 42.5 Å². The van der Waals surface area contributed by atoms with Crippen molar-refractivity contribution in [2.24, 2.45) is 0 Å². The summed E-state index contributed by atoms with van der Waals surface area (Å²) in [4.78, 5) is 3.91. The van der Waals surface area contributed by atoms with E-state index in [0.717, 1.165) is 68.9 Å². The summed E-state index contributed by atoms with van der Waals surface area (Å²) >= 11 is 5.61. The number of nitrogens with zero attached hydrogens (tertiary/aromatic N) is 1. The maximum absolute atomic E-state index is 5.61. The third-order valence-corrected chi connectivity index (χ3v) is 5.97. The Labute approximate surface area is 172 Å². The molecule has 1 saturated heterocycles. The van der Waals surface area contributed by atoms with Crippen LogP contribution < -0.4 is 19.7 Å². The van der Waals surface area contributed by atoms with Gasteiger partial charge < -0.3 is 24.6 Å². The summed E-state index contributed by atoms with van der Waals surface area (Å²) in [6, 6.07) is 14.8.